The predicted octanol–water partition coefficient (Wildman–Crippen LogP) is 3.56. The Hall–Kier alpha value is -2.17. The molecule has 3 heterocycles. The van der Waals surface area contributed by atoms with Crippen molar-refractivity contribution in [1.29, 1.82) is 0 Å². The number of pyridine rings is 1. The van der Waals surface area contributed by atoms with Gasteiger partial charge in [-0.3, -0.25) is 4.90 Å². The van der Waals surface area contributed by atoms with Gasteiger partial charge in [-0.05, 0) is 50.4 Å². The van der Waals surface area contributed by atoms with Gasteiger partial charge in [-0.15, -0.1) is 0 Å². The third-order valence-electron chi connectivity index (χ3n) is 5.23. The van der Waals surface area contributed by atoms with Crippen molar-refractivity contribution in [1.82, 2.24) is 14.3 Å². The summed E-state index contributed by atoms with van der Waals surface area (Å²) in [5, 5.41) is 0. The number of likely N-dealkylation sites (tertiary alicyclic amines) is 1. The molecule has 2 aromatic heterocycles. The molecule has 1 atom stereocenters. The molecule has 4 heteroatoms. The van der Waals surface area contributed by atoms with Gasteiger partial charge >= 0.3 is 0 Å². The smallest absolute Gasteiger partial charge is 0.137 e. The van der Waals surface area contributed by atoms with Crippen molar-refractivity contribution >= 4 is 5.65 Å². The molecular weight excluding hydrogens is 308 g/mol. The van der Waals surface area contributed by atoms with Crippen molar-refractivity contribution in [3.8, 4) is 11.3 Å². The third-order valence-corrected chi connectivity index (χ3v) is 5.23. The molecule has 25 heavy (non-hydrogen) atoms. The predicted molar refractivity (Wildman–Crippen MR) is 102 cm³/mol. The Balaban J connectivity index is 1.68. The fraction of sp³-hybridized carbons (Fsp3) is 0.381. The van der Waals surface area contributed by atoms with Crippen molar-refractivity contribution < 1.29 is 0 Å². The average Bonchev–Trinajstić information content (AvgIpc) is 3.02. The van der Waals surface area contributed by atoms with E-state index in [1.54, 1.807) is 0 Å². The largest absolute Gasteiger partial charge is 0.330 e. The second-order valence-corrected chi connectivity index (χ2v) is 7.02. The van der Waals surface area contributed by atoms with Crippen LogP contribution in [0.1, 0.15) is 25.0 Å². The van der Waals surface area contributed by atoms with Crippen LogP contribution >= 0.6 is 0 Å². The molecule has 1 aliphatic heterocycles. The molecule has 1 aliphatic rings. The number of nitrogens with two attached hydrogens (primary N) is 1. The number of hydrogen-bond donors (Lipinski definition) is 1. The topological polar surface area (TPSA) is 46.6 Å². The lowest BCUT2D eigenvalue weighted by Gasteiger charge is -2.32. The summed E-state index contributed by atoms with van der Waals surface area (Å²) >= 11 is 0. The normalized spacial score (nSPS) is 18.7. The van der Waals surface area contributed by atoms with Gasteiger partial charge in [-0.25, -0.2) is 4.98 Å². The molecule has 3 aromatic rings. The standard InChI is InChI=1S/C21H26N4/c22-12-11-17-7-6-13-24(15-17)16-19-21(18-8-2-1-3-9-18)23-20-10-4-5-14-25(19)20/h1-5,8-10,14,17H,6-7,11-13,15-16,22H2. The van der Waals surface area contributed by atoms with E-state index in [1.165, 1.54) is 24.1 Å². The van der Waals surface area contributed by atoms with Gasteiger partial charge in [0, 0.05) is 24.8 Å². The lowest BCUT2D eigenvalue weighted by atomic mass is 9.94. The fourth-order valence-electron chi connectivity index (χ4n) is 4.00. The van der Waals surface area contributed by atoms with Crippen molar-refractivity contribution in [2.45, 2.75) is 25.8 Å². The van der Waals surface area contributed by atoms with E-state index in [0.29, 0.717) is 0 Å². The quantitative estimate of drug-likeness (QED) is 0.776. The first kappa shape index (κ1) is 16.3. The Morgan fingerprint density at radius 2 is 1.92 bits per heavy atom. The van der Waals surface area contributed by atoms with Gasteiger partial charge in [0.2, 0.25) is 0 Å². The number of aromatic nitrogens is 2. The zero-order valence-electron chi connectivity index (χ0n) is 14.6. The lowest BCUT2D eigenvalue weighted by molar-refractivity contribution is 0.161. The highest BCUT2D eigenvalue weighted by molar-refractivity contribution is 5.66. The zero-order valence-corrected chi connectivity index (χ0v) is 14.6. The summed E-state index contributed by atoms with van der Waals surface area (Å²) in [4.78, 5) is 7.50. The summed E-state index contributed by atoms with van der Waals surface area (Å²) in [5.41, 5.74) is 10.4. The summed E-state index contributed by atoms with van der Waals surface area (Å²) in [7, 11) is 0. The number of imidazole rings is 1. The minimum atomic E-state index is 0.734. The first-order valence-corrected chi connectivity index (χ1v) is 9.29. The van der Waals surface area contributed by atoms with Crippen LogP contribution in [0.4, 0.5) is 0 Å². The van der Waals surface area contributed by atoms with Gasteiger partial charge in [0.1, 0.15) is 5.65 Å². The van der Waals surface area contributed by atoms with E-state index in [9.17, 15) is 0 Å². The molecule has 1 unspecified atom stereocenters. The summed E-state index contributed by atoms with van der Waals surface area (Å²) in [5.74, 6) is 0.734. The SMILES string of the molecule is NCCC1CCCN(Cc2c(-c3ccccc3)nc3ccccn23)C1. The number of hydrogen-bond acceptors (Lipinski definition) is 3. The Labute approximate surface area is 149 Å². The van der Waals surface area contributed by atoms with Crippen LogP contribution in [0.3, 0.4) is 0 Å². The molecule has 0 radical (unpaired) electrons. The molecule has 2 N–H and O–H groups in total. The number of fused-ring (bicyclic) bond motifs is 1. The van der Waals surface area contributed by atoms with E-state index in [0.717, 1.165) is 49.9 Å². The number of rotatable bonds is 5. The van der Waals surface area contributed by atoms with Crippen LogP contribution < -0.4 is 5.73 Å². The number of benzene rings is 1. The second-order valence-electron chi connectivity index (χ2n) is 7.02. The third kappa shape index (κ3) is 3.46. The highest BCUT2D eigenvalue weighted by Gasteiger charge is 2.22. The molecule has 1 fully saturated rings. The summed E-state index contributed by atoms with van der Waals surface area (Å²) in [6.07, 6.45) is 5.84. The molecule has 1 saturated heterocycles. The Morgan fingerprint density at radius 1 is 1.08 bits per heavy atom. The number of nitrogens with zero attached hydrogens (tertiary/aromatic N) is 3. The van der Waals surface area contributed by atoms with Crippen LogP contribution in [0.15, 0.2) is 54.7 Å². The minimum Gasteiger partial charge on any atom is -0.330 e. The molecular formula is C21H26N4. The van der Waals surface area contributed by atoms with E-state index in [4.69, 9.17) is 10.7 Å². The molecule has 130 valence electrons. The van der Waals surface area contributed by atoms with Gasteiger partial charge in [-0.1, -0.05) is 36.4 Å². The molecule has 4 rings (SSSR count). The zero-order chi connectivity index (χ0) is 17.1. The van der Waals surface area contributed by atoms with E-state index >= 15 is 0 Å². The maximum absolute atomic E-state index is 5.78. The summed E-state index contributed by atoms with van der Waals surface area (Å²) < 4.78 is 2.24. The minimum absolute atomic E-state index is 0.734. The van der Waals surface area contributed by atoms with Gasteiger partial charge in [0.15, 0.2) is 0 Å². The van der Waals surface area contributed by atoms with E-state index in [1.807, 2.05) is 0 Å². The maximum Gasteiger partial charge on any atom is 0.137 e. The summed E-state index contributed by atoms with van der Waals surface area (Å²) in [6.45, 7) is 4.04. The second kappa shape index (κ2) is 7.38. The first-order chi connectivity index (χ1) is 12.3. The van der Waals surface area contributed by atoms with E-state index < -0.39 is 0 Å². The van der Waals surface area contributed by atoms with Crippen LogP contribution in [0, 0.1) is 5.92 Å². The van der Waals surface area contributed by atoms with E-state index in [2.05, 4.69) is 64.0 Å². The monoisotopic (exact) mass is 334 g/mol. The highest BCUT2D eigenvalue weighted by Crippen LogP contribution is 2.27. The van der Waals surface area contributed by atoms with Gasteiger partial charge in [0.25, 0.3) is 0 Å². The highest BCUT2D eigenvalue weighted by atomic mass is 15.2. The average molecular weight is 334 g/mol. The van der Waals surface area contributed by atoms with Crippen molar-refractivity contribution in [3.63, 3.8) is 0 Å². The van der Waals surface area contributed by atoms with Crippen LogP contribution in [0.25, 0.3) is 16.9 Å². The van der Waals surface area contributed by atoms with Gasteiger partial charge in [0.05, 0.1) is 11.4 Å². The van der Waals surface area contributed by atoms with Crippen molar-refractivity contribution in [3.05, 3.63) is 60.4 Å². The van der Waals surface area contributed by atoms with Crippen LogP contribution in [-0.4, -0.2) is 33.9 Å². The fourth-order valence-corrected chi connectivity index (χ4v) is 4.00. The summed E-state index contributed by atoms with van der Waals surface area (Å²) in [6, 6.07) is 16.8. The molecule has 0 spiro atoms. The molecule has 0 amide bonds. The van der Waals surface area contributed by atoms with Crippen LogP contribution in [0.5, 0.6) is 0 Å². The van der Waals surface area contributed by atoms with Crippen LogP contribution in [0.2, 0.25) is 0 Å². The van der Waals surface area contributed by atoms with Crippen molar-refractivity contribution in [2.75, 3.05) is 19.6 Å². The molecule has 0 bridgehead atoms. The first-order valence-electron chi connectivity index (χ1n) is 9.29. The molecule has 1 aromatic carbocycles. The Bertz CT molecular complexity index is 822. The van der Waals surface area contributed by atoms with E-state index in [-0.39, 0.29) is 0 Å². The van der Waals surface area contributed by atoms with Gasteiger partial charge in [-0.2, -0.15) is 0 Å². The Morgan fingerprint density at radius 3 is 2.76 bits per heavy atom. The van der Waals surface area contributed by atoms with Crippen LogP contribution in [-0.2, 0) is 6.54 Å². The molecule has 4 nitrogen and oxygen atoms in total. The number of piperidine rings is 1. The molecule has 0 saturated carbocycles. The Kier molecular flexibility index (Phi) is 4.81. The van der Waals surface area contributed by atoms with Crippen molar-refractivity contribution in [2.24, 2.45) is 11.7 Å². The lowest BCUT2D eigenvalue weighted by Crippen LogP contribution is -2.36. The molecule has 0 aliphatic carbocycles. The van der Waals surface area contributed by atoms with Gasteiger partial charge < -0.3 is 10.1 Å². The maximum atomic E-state index is 5.78.